The Hall–Kier alpha value is -0.170. The van der Waals surface area contributed by atoms with E-state index in [1.165, 1.54) is 0 Å². The summed E-state index contributed by atoms with van der Waals surface area (Å²) in [6.07, 6.45) is 1.71. The second-order valence-electron chi connectivity index (χ2n) is 4.87. The minimum atomic E-state index is -2.79. The van der Waals surface area contributed by atoms with Crippen LogP contribution < -0.4 is 5.32 Å². The summed E-state index contributed by atoms with van der Waals surface area (Å²) in [5, 5.41) is 3.15. The van der Waals surface area contributed by atoms with Crippen molar-refractivity contribution in [3.05, 3.63) is 0 Å². The lowest BCUT2D eigenvalue weighted by molar-refractivity contribution is 0.0604. The highest BCUT2D eigenvalue weighted by Gasteiger charge is 2.32. The van der Waals surface area contributed by atoms with Gasteiger partial charge in [-0.15, -0.1) is 0 Å². The van der Waals surface area contributed by atoms with Gasteiger partial charge >= 0.3 is 0 Å². The van der Waals surface area contributed by atoms with E-state index in [-0.39, 0.29) is 5.92 Å². The zero-order valence-electron chi connectivity index (χ0n) is 11.4. The fourth-order valence-electron chi connectivity index (χ4n) is 2.44. The second-order valence-corrected chi connectivity index (χ2v) is 7.10. The molecule has 0 aromatic heterocycles. The number of rotatable bonds is 9. The standard InChI is InChI=1S/C12H25NO4S/c1-13-9-11(3-5-17-7-6-16-2)12-4-8-18(14,15)10-12/h11-13H,3-10H2,1-2H3. The molecule has 0 radical (unpaired) electrons. The number of hydrogen-bond donors (Lipinski definition) is 1. The molecule has 2 atom stereocenters. The summed E-state index contributed by atoms with van der Waals surface area (Å²) in [6.45, 7) is 2.74. The maximum absolute atomic E-state index is 11.5. The van der Waals surface area contributed by atoms with Crippen LogP contribution in [0.15, 0.2) is 0 Å². The Balaban J connectivity index is 2.31. The molecule has 1 fully saturated rings. The first-order valence-electron chi connectivity index (χ1n) is 6.50. The molecule has 0 aromatic rings. The Labute approximate surface area is 110 Å². The molecule has 1 aliphatic heterocycles. The van der Waals surface area contributed by atoms with E-state index in [0.717, 1.165) is 19.4 Å². The van der Waals surface area contributed by atoms with Crippen molar-refractivity contribution < 1.29 is 17.9 Å². The fourth-order valence-corrected chi connectivity index (χ4v) is 4.36. The molecule has 0 aliphatic carbocycles. The summed E-state index contributed by atoms with van der Waals surface area (Å²) >= 11 is 0. The topological polar surface area (TPSA) is 64.6 Å². The zero-order valence-corrected chi connectivity index (χ0v) is 12.2. The van der Waals surface area contributed by atoms with Crippen LogP contribution in [0.2, 0.25) is 0 Å². The lowest BCUT2D eigenvalue weighted by Crippen LogP contribution is -2.28. The number of sulfone groups is 1. The Bertz CT molecular complexity index is 318. The van der Waals surface area contributed by atoms with Crippen LogP contribution in [0.1, 0.15) is 12.8 Å². The van der Waals surface area contributed by atoms with Gasteiger partial charge in [0.15, 0.2) is 9.84 Å². The quantitative estimate of drug-likeness (QED) is 0.615. The average Bonchev–Trinajstić information content (AvgIpc) is 2.68. The van der Waals surface area contributed by atoms with Gasteiger partial charge in [0, 0.05) is 13.7 Å². The van der Waals surface area contributed by atoms with Crippen LogP contribution in [0.4, 0.5) is 0 Å². The first-order valence-corrected chi connectivity index (χ1v) is 8.33. The number of methoxy groups -OCH3 is 1. The third-order valence-electron chi connectivity index (χ3n) is 3.47. The second kappa shape index (κ2) is 8.09. The molecule has 2 unspecified atom stereocenters. The van der Waals surface area contributed by atoms with Crippen molar-refractivity contribution in [2.45, 2.75) is 12.8 Å². The Kier molecular flexibility index (Phi) is 7.14. The van der Waals surface area contributed by atoms with Gasteiger partial charge in [-0.05, 0) is 38.3 Å². The van der Waals surface area contributed by atoms with Crippen molar-refractivity contribution in [2.75, 3.05) is 52.0 Å². The number of hydrogen-bond acceptors (Lipinski definition) is 5. The van der Waals surface area contributed by atoms with Gasteiger partial charge in [-0.3, -0.25) is 0 Å². The molecule has 1 rings (SSSR count). The molecule has 1 heterocycles. The summed E-state index contributed by atoms with van der Waals surface area (Å²) in [6, 6.07) is 0. The van der Waals surface area contributed by atoms with Crippen LogP contribution >= 0.6 is 0 Å². The van der Waals surface area contributed by atoms with Crippen molar-refractivity contribution in [3.8, 4) is 0 Å². The largest absolute Gasteiger partial charge is 0.382 e. The molecule has 0 spiro atoms. The summed E-state index contributed by atoms with van der Waals surface area (Å²) in [5.41, 5.74) is 0. The highest BCUT2D eigenvalue weighted by molar-refractivity contribution is 7.91. The third kappa shape index (κ3) is 5.65. The van der Waals surface area contributed by atoms with Crippen molar-refractivity contribution in [3.63, 3.8) is 0 Å². The van der Waals surface area contributed by atoms with E-state index in [1.807, 2.05) is 7.05 Å². The molecule has 108 valence electrons. The third-order valence-corrected chi connectivity index (χ3v) is 5.26. The van der Waals surface area contributed by atoms with E-state index in [0.29, 0.717) is 37.2 Å². The summed E-state index contributed by atoms with van der Waals surface area (Å²) in [7, 11) is 0.768. The Morgan fingerprint density at radius 1 is 1.33 bits per heavy atom. The molecule has 1 saturated heterocycles. The van der Waals surface area contributed by atoms with Crippen molar-refractivity contribution in [1.82, 2.24) is 5.32 Å². The molecule has 1 N–H and O–H groups in total. The Morgan fingerprint density at radius 3 is 2.67 bits per heavy atom. The van der Waals surface area contributed by atoms with Gasteiger partial charge in [-0.1, -0.05) is 0 Å². The summed E-state index contributed by atoms with van der Waals surface area (Å²) in [4.78, 5) is 0. The van der Waals surface area contributed by atoms with Crippen molar-refractivity contribution in [1.29, 1.82) is 0 Å². The maximum Gasteiger partial charge on any atom is 0.150 e. The molecule has 6 heteroatoms. The van der Waals surface area contributed by atoms with E-state index >= 15 is 0 Å². The van der Waals surface area contributed by atoms with E-state index < -0.39 is 9.84 Å². The minimum Gasteiger partial charge on any atom is -0.382 e. The van der Waals surface area contributed by atoms with E-state index in [4.69, 9.17) is 9.47 Å². The minimum absolute atomic E-state index is 0.286. The van der Waals surface area contributed by atoms with Crippen LogP contribution in [-0.4, -0.2) is 60.4 Å². The van der Waals surface area contributed by atoms with Crippen molar-refractivity contribution >= 4 is 9.84 Å². The van der Waals surface area contributed by atoms with Crippen LogP contribution in [0.3, 0.4) is 0 Å². The van der Waals surface area contributed by atoms with Crippen LogP contribution in [0.25, 0.3) is 0 Å². The normalized spacial score (nSPS) is 24.2. The average molecular weight is 279 g/mol. The molecule has 0 amide bonds. The van der Waals surface area contributed by atoms with Gasteiger partial charge in [0.05, 0.1) is 24.7 Å². The molecular formula is C12H25NO4S. The molecule has 0 aromatic carbocycles. The number of ether oxygens (including phenoxy) is 2. The van der Waals surface area contributed by atoms with E-state index in [1.54, 1.807) is 7.11 Å². The first kappa shape index (κ1) is 15.9. The van der Waals surface area contributed by atoms with E-state index in [9.17, 15) is 8.42 Å². The zero-order chi connectivity index (χ0) is 13.4. The van der Waals surface area contributed by atoms with Gasteiger partial charge in [-0.25, -0.2) is 8.42 Å². The predicted molar refractivity (Wildman–Crippen MR) is 71.5 cm³/mol. The molecular weight excluding hydrogens is 254 g/mol. The van der Waals surface area contributed by atoms with Gasteiger partial charge < -0.3 is 14.8 Å². The monoisotopic (exact) mass is 279 g/mol. The van der Waals surface area contributed by atoms with Crippen LogP contribution in [0, 0.1) is 11.8 Å². The first-order chi connectivity index (χ1) is 8.59. The van der Waals surface area contributed by atoms with Gasteiger partial charge in [0.25, 0.3) is 0 Å². The van der Waals surface area contributed by atoms with Crippen LogP contribution in [-0.2, 0) is 19.3 Å². The van der Waals surface area contributed by atoms with E-state index in [2.05, 4.69) is 5.32 Å². The molecule has 5 nitrogen and oxygen atoms in total. The molecule has 18 heavy (non-hydrogen) atoms. The summed E-state index contributed by atoms with van der Waals surface area (Å²) in [5.74, 6) is 1.36. The van der Waals surface area contributed by atoms with Crippen molar-refractivity contribution in [2.24, 2.45) is 11.8 Å². The molecule has 0 saturated carbocycles. The lowest BCUT2D eigenvalue weighted by atomic mass is 9.89. The molecule has 0 bridgehead atoms. The lowest BCUT2D eigenvalue weighted by Gasteiger charge is -2.22. The summed E-state index contributed by atoms with van der Waals surface area (Å²) < 4.78 is 33.4. The van der Waals surface area contributed by atoms with Crippen LogP contribution in [0.5, 0.6) is 0 Å². The SMILES string of the molecule is CNCC(CCOCCOC)C1CCS(=O)(=O)C1. The highest BCUT2D eigenvalue weighted by atomic mass is 32.2. The molecule has 1 aliphatic rings. The highest BCUT2D eigenvalue weighted by Crippen LogP contribution is 2.27. The fraction of sp³-hybridized carbons (Fsp3) is 1.00. The van der Waals surface area contributed by atoms with Gasteiger partial charge in [0.2, 0.25) is 0 Å². The predicted octanol–water partition coefficient (Wildman–Crippen LogP) is 0.310. The number of nitrogens with one attached hydrogen (secondary N) is 1. The van der Waals surface area contributed by atoms with Gasteiger partial charge in [0.1, 0.15) is 0 Å². The maximum atomic E-state index is 11.5. The Morgan fingerprint density at radius 2 is 2.11 bits per heavy atom. The smallest absolute Gasteiger partial charge is 0.150 e. The van der Waals surface area contributed by atoms with Gasteiger partial charge in [-0.2, -0.15) is 0 Å².